The lowest BCUT2D eigenvalue weighted by Gasteiger charge is -2.40. The maximum Gasteiger partial charge on any atom is 0.237 e. The molecule has 1 heterocycles. The van der Waals surface area contributed by atoms with Crippen LogP contribution >= 0.6 is 23.2 Å². The zero-order chi connectivity index (χ0) is 16.4. The maximum absolute atomic E-state index is 12.2. The molecule has 2 amide bonds. The largest absolute Gasteiger partial charge is 0.350 e. The van der Waals surface area contributed by atoms with Gasteiger partial charge >= 0.3 is 0 Å². The number of amides is 2. The Morgan fingerprint density at radius 3 is 2.65 bits per heavy atom. The van der Waals surface area contributed by atoms with Crippen LogP contribution in [0.15, 0.2) is 18.2 Å². The predicted molar refractivity (Wildman–Crippen MR) is 90.8 cm³/mol. The molecule has 1 aromatic carbocycles. The number of piperazine rings is 1. The number of nitrogens with one attached hydrogen (secondary N) is 3. The minimum absolute atomic E-state index is 0.0926. The Labute approximate surface area is 145 Å². The third-order valence-corrected chi connectivity index (χ3v) is 5.16. The highest BCUT2D eigenvalue weighted by atomic mass is 35.5. The molecule has 1 saturated carbocycles. The number of hydrogen-bond donors (Lipinski definition) is 3. The maximum atomic E-state index is 12.2. The molecule has 23 heavy (non-hydrogen) atoms. The van der Waals surface area contributed by atoms with Crippen molar-refractivity contribution in [1.29, 1.82) is 0 Å². The van der Waals surface area contributed by atoms with Crippen molar-refractivity contribution in [1.82, 2.24) is 10.6 Å². The number of carbonyl (C=O) groups is 2. The van der Waals surface area contributed by atoms with Crippen LogP contribution in [0.4, 0.5) is 5.69 Å². The van der Waals surface area contributed by atoms with Crippen molar-refractivity contribution in [3.05, 3.63) is 28.2 Å². The fraction of sp³-hybridized carbons (Fsp3) is 0.500. The molecule has 0 aromatic heterocycles. The Hall–Kier alpha value is -1.30. The Morgan fingerprint density at radius 2 is 1.91 bits per heavy atom. The third kappa shape index (κ3) is 3.97. The topological polar surface area (TPSA) is 70.2 Å². The molecule has 2 fully saturated rings. The number of benzene rings is 1. The fourth-order valence-corrected chi connectivity index (χ4v) is 3.54. The summed E-state index contributed by atoms with van der Waals surface area (Å²) in [6.45, 7) is 0. The van der Waals surface area contributed by atoms with E-state index in [0.717, 1.165) is 25.7 Å². The molecule has 124 valence electrons. The van der Waals surface area contributed by atoms with Gasteiger partial charge in [-0.1, -0.05) is 36.0 Å². The van der Waals surface area contributed by atoms with Gasteiger partial charge in [0.05, 0.1) is 22.5 Å². The molecule has 2 aliphatic rings. The van der Waals surface area contributed by atoms with Gasteiger partial charge in [0, 0.05) is 17.8 Å². The van der Waals surface area contributed by atoms with Crippen molar-refractivity contribution >= 4 is 40.7 Å². The highest BCUT2D eigenvalue weighted by Crippen LogP contribution is 2.25. The first-order valence-corrected chi connectivity index (χ1v) is 8.60. The summed E-state index contributed by atoms with van der Waals surface area (Å²) < 4.78 is 0. The molecule has 3 rings (SSSR count). The molecule has 7 heteroatoms. The number of fused-ring (bicyclic) bond motifs is 1. The number of anilines is 1. The van der Waals surface area contributed by atoms with Crippen LogP contribution in [-0.2, 0) is 9.59 Å². The Morgan fingerprint density at radius 1 is 1.17 bits per heavy atom. The average Bonchev–Trinajstić information content (AvgIpc) is 2.51. The Kier molecular flexibility index (Phi) is 5.09. The molecule has 5 nitrogen and oxygen atoms in total. The molecule has 1 aliphatic carbocycles. The quantitative estimate of drug-likeness (QED) is 0.780. The van der Waals surface area contributed by atoms with Gasteiger partial charge in [-0.15, -0.1) is 0 Å². The first-order chi connectivity index (χ1) is 11.0. The molecule has 0 unspecified atom stereocenters. The van der Waals surface area contributed by atoms with Crippen molar-refractivity contribution in [2.45, 2.75) is 50.2 Å². The van der Waals surface area contributed by atoms with Gasteiger partial charge in [-0.05, 0) is 31.0 Å². The zero-order valence-electron chi connectivity index (χ0n) is 12.6. The van der Waals surface area contributed by atoms with E-state index >= 15 is 0 Å². The normalized spacial score (nSPS) is 27.0. The van der Waals surface area contributed by atoms with E-state index in [1.165, 1.54) is 0 Å². The van der Waals surface area contributed by atoms with Crippen LogP contribution in [0.5, 0.6) is 0 Å². The van der Waals surface area contributed by atoms with Gasteiger partial charge in [0.25, 0.3) is 0 Å². The Bertz CT molecular complexity index is 623. The summed E-state index contributed by atoms with van der Waals surface area (Å²) in [5.41, 5.74) is 0.566. The summed E-state index contributed by atoms with van der Waals surface area (Å²) in [7, 11) is 0. The number of carbonyl (C=O) groups excluding carboxylic acids is 2. The van der Waals surface area contributed by atoms with Gasteiger partial charge in [0.2, 0.25) is 11.8 Å². The number of halogens is 2. The van der Waals surface area contributed by atoms with Crippen LogP contribution in [0, 0.1) is 0 Å². The van der Waals surface area contributed by atoms with Crippen LogP contribution in [0.2, 0.25) is 10.0 Å². The third-order valence-electron chi connectivity index (χ3n) is 4.42. The van der Waals surface area contributed by atoms with E-state index in [9.17, 15) is 9.59 Å². The van der Waals surface area contributed by atoms with E-state index in [1.54, 1.807) is 18.2 Å². The molecule has 1 saturated heterocycles. The average molecular weight is 356 g/mol. The first kappa shape index (κ1) is 16.6. The van der Waals surface area contributed by atoms with Gasteiger partial charge in [-0.3, -0.25) is 9.59 Å². The second-order valence-corrected chi connectivity index (χ2v) is 6.92. The van der Waals surface area contributed by atoms with Gasteiger partial charge in [0.1, 0.15) is 0 Å². The van der Waals surface area contributed by atoms with Crippen LogP contribution in [0.3, 0.4) is 0 Å². The smallest absolute Gasteiger partial charge is 0.237 e. The lowest BCUT2D eigenvalue weighted by molar-refractivity contribution is -0.129. The van der Waals surface area contributed by atoms with Gasteiger partial charge in [-0.25, -0.2) is 0 Å². The zero-order valence-corrected chi connectivity index (χ0v) is 14.1. The van der Waals surface area contributed by atoms with E-state index in [-0.39, 0.29) is 30.3 Å². The summed E-state index contributed by atoms with van der Waals surface area (Å²) in [4.78, 5) is 24.3. The predicted octanol–water partition coefficient (Wildman–Crippen LogP) is 2.72. The molecule has 0 radical (unpaired) electrons. The van der Waals surface area contributed by atoms with Crippen molar-refractivity contribution in [2.24, 2.45) is 0 Å². The van der Waals surface area contributed by atoms with Gasteiger partial charge in [0.15, 0.2) is 0 Å². The van der Waals surface area contributed by atoms with Crippen LogP contribution in [0.1, 0.15) is 32.1 Å². The molecule has 1 aliphatic heterocycles. The second-order valence-electron chi connectivity index (χ2n) is 6.11. The van der Waals surface area contributed by atoms with Crippen molar-refractivity contribution in [2.75, 3.05) is 5.32 Å². The fourth-order valence-electron chi connectivity index (χ4n) is 3.24. The van der Waals surface area contributed by atoms with Crippen molar-refractivity contribution in [3.63, 3.8) is 0 Å². The molecule has 1 aromatic rings. The highest BCUT2D eigenvalue weighted by molar-refractivity contribution is 6.42. The van der Waals surface area contributed by atoms with E-state index in [4.69, 9.17) is 23.2 Å². The van der Waals surface area contributed by atoms with Crippen LogP contribution < -0.4 is 16.0 Å². The van der Waals surface area contributed by atoms with Crippen LogP contribution in [0.25, 0.3) is 0 Å². The van der Waals surface area contributed by atoms with Gasteiger partial charge < -0.3 is 16.0 Å². The SMILES string of the molecule is O=C(C[C@H]1N[C@H]2CCCC[C@@H]2NC1=O)Nc1ccc(Cl)c(Cl)c1. The van der Waals surface area contributed by atoms with E-state index in [2.05, 4.69) is 16.0 Å². The second kappa shape index (κ2) is 7.07. The molecule has 3 atom stereocenters. The van der Waals surface area contributed by atoms with Crippen molar-refractivity contribution in [3.8, 4) is 0 Å². The monoisotopic (exact) mass is 355 g/mol. The minimum atomic E-state index is -0.489. The standard InChI is InChI=1S/C16H19Cl2N3O2/c17-10-6-5-9(7-11(10)18)19-15(22)8-14-16(23)21-13-4-2-1-3-12(13)20-14/h5-7,12-14,20H,1-4,8H2,(H,19,22)(H,21,23)/t12-,13-,14+/m0/s1. The van der Waals surface area contributed by atoms with Crippen LogP contribution in [-0.4, -0.2) is 29.9 Å². The molecule has 0 bridgehead atoms. The summed E-state index contributed by atoms with van der Waals surface area (Å²) >= 11 is 11.8. The molecule has 0 spiro atoms. The lowest BCUT2D eigenvalue weighted by atomic mass is 9.87. The number of hydrogen-bond acceptors (Lipinski definition) is 3. The summed E-state index contributed by atoms with van der Waals surface area (Å²) in [6.07, 6.45) is 4.44. The molecule has 3 N–H and O–H groups in total. The molecular weight excluding hydrogens is 337 g/mol. The van der Waals surface area contributed by atoms with E-state index in [1.807, 2.05) is 0 Å². The minimum Gasteiger partial charge on any atom is -0.350 e. The van der Waals surface area contributed by atoms with E-state index < -0.39 is 6.04 Å². The van der Waals surface area contributed by atoms with E-state index in [0.29, 0.717) is 15.7 Å². The number of rotatable bonds is 3. The highest BCUT2D eigenvalue weighted by Gasteiger charge is 2.36. The lowest BCUT2D eigenvalue weighted by Crippen LogP contribution is -2.65. The summed E-state index contributed by atoms with van der Waals surface area (Å²) in [5, 5.41) is 9.91. The Balaban J connectivity index is 1.58. The molecular formula is C16H19Cl2N3O2. The van der Waals surface area contributed by atoms with Gasteiger partial charge in [-0.2, -0.15) is 0 Å². The summed E-state index contributed by atoms with van der Waals surface area (Å²) in [5.74, 6) is -0.331. The summed E-state index contributed by atoms with van der Waals surface area (Å²) in [6, 6.07) is 4.87. The van der Waals surface area contributed by atoms with Crippen molar-refractivity contribution < 1.29 is 9.59 Å². The first-order valence-electron chi connectivity index (χ1n) is 7.84.